The van der Waals surface area contributed by atoms with Crippen LogP contribution >= 0.6 is 11.3 Å². The highest BCUT2D eigenvalue weighted by atomic mass is 32.1. The number of hydrogen-bond donors (Lipinski definition) is 2. The van der Waals surface area contributed by atoms with Crippen molar-refractivity contribution in [1.29, 1.82) is 0 Å². The molecule has 1 unspecified atom stereocenters. The van der Waals surface area contributed by atoms with Gasteiger partial charge in [0, 0.05) is 4.88 Å². The molecule has 58 valence electrons. The van der Waals surface area contributed by atoms with E-state index in [0.717, 1.165) is 4.88 Å². The highest BCUT2D eigenvalue weighted by Crippen LogP contribution is 2.20. The summed E-state index contributed by atoms with van der Waals surface area (Å²) >= 11 is 1.47. The Hall–Kier alpha value is -0.315. The maximum atomic E-state index is 8.90. The first-order valence-corrected chi connectivity index (χ1v) is 4.18. The summed E-state index contributed by atoms with van der Waals surface area (Å²) in [7, 11) is 5.50. The first-order chi connectivity index (χ1) is 5.06. The summed E-state index contributed by atoms with van der Waals surface area (Å²) < 4.78 is 0. The average Bonchev–Trinajstić information content (AvgIpc) is 2.36. The van der Waals surface area contributed by atoms with Crippen molar-refractivity contribution in [3.05, 3.63) is 16.3 Å². The van der Waals surface area contributed by atoms with Gasteiger partial charge in [0.05, 0.1) is 12.1 Å². The second-order valence-electron chi connectivity index (χ2n) is 2.82. The molecule has 0 fully saturated rings. The van der Waals surface area contributed by atoms with Crippen LogP contribution in [0.2, 0.25) is 0 Å². The third-order valence-electron chi connectivity index (χ3n) is 1.51. The molecule has 0 bridgehead atoms. The number of aliphatic hydroxyl groups excluding tert-OH is 1. The van der Waals surface area contributed by atoms with E-state index in [1.165, 1.54) is 11.3 Å². The third-order valence-corrected chi connectivity index (χ3v) is 2.74. The molecule has 11 heavy (non-hydrogen) atoms. The lowest BCUT2D eigenvalue weighted by molar-refractivity contribution is 0.212. The van der Waals surface area contributed by atoms with Crippen LogP contribution in [0.3, 0.4) is 0 Å². The van der Waals surface area contributed by atoms with Crippen LogP contribution in [-0.2, 0) is 5.54 Å². The highest BCUT2D eigenvalue weighted by Gasteiger charge is 2.20. The van der Waals surface area contributed by atoms with Crippen molar-refractivity contribution < 1.29 is 5.11 Å². The summed E-state index contributed by atoms with van der Waals surface area (Å²) in [5.74, 6) is 0. The zero-order chi connectivity index (χ0) is 8.48. The van der Waals surface area contributed by atoms with Gasteiger partial charge < -0.3 is 10.8 Å². The Morgan fingerprint density at radius 2 is 2.45 bits per heavy atom. The molecule has 0 aromatic carbocycles. The Labute approximate surface area is 71.5 Å². The molecule has 1 heterocycles. The van der Waals surface area contributed by atoms with Crippen LogP contribution < -0.4 is 11.2 Å². The highest BCUT2D eigenvalue weighted by molar-refractivity contribution is 7.11. The number of thiophene rings is 1. The average molecular weight is 167 g/mol. The van der Waals surface area contributed by atoms with Gasteiger partial charge in [-0.3, -0.25) is 0 Å². The molecule has 0 aliphatic heterocycles. The topological polar surface area (TPSA) is 46.2 Å². The number of nitrogens with two attached hydrogens (primary N) is 1. The van der Waals surface area contributed by atoms with Crippen LogP contribution in [0.15, 0.2) is 11.4 Å². The van der Waals surface area contributed by atoms with Crippen LogP contribution in [0.5, 0.6) is 0 Å². The zero-order valence-corrected chi connectivity index (χ0v) is 7.19. The van der Waals surface area contributed by atoms with E-state index in [-0.39, 0.29) is 6.61 Å². The van der Waals surface area contributed by atoms with Gasteiger partial charge in [0.15, 0.2) is 0 Å². The molecule has 1 aromatic heterocycles. The van der Waals surface area contributed by atoms with Gasteiger partial charge in [-0.05, 0) is 12.3 Å². The molecule has 0 aliphatic rings. The molecule has 2 radical (unpaired) electrons. The SMILES string of the molecule is [B]c1csc(C(C)(N)CO)c1. The fraction of sp³-hybridized carbons (Fsp3) is 0.429. The Balaban J connectivity index is 2.92. The van der Waals surface area contributed by atoms with Crippen LogP contribution in [-0.4, -0.2) is 19.6 Å². The molecule has 0 aliphatic carbocycles. The molecular formula is C7H10BNOS. The minimum atomic E-state index is -0.651. The second-order valence-corrected chi connectivity index (χ2v) is 3.73. The van der Waals surface area contributed by atoms with Crippen molar-refractivity contribution in [1.82, 2.24) is 0 Å². The van der Waals surface area contributed by atoms with E-state index in [4.69, 9.17) is 18.7 Å². The fourth-order valence-electron chi connectivity index (χ4n) is 0.728. The fourth-order valence-corrected chi connectivity index (χ4v) is 1.60. The summed E-state index contributed by atoms with van der Waals surface area (Å²) in [4.78, 5) is 0.914. The number of aliphatic hydroxyl groups is 1. The second kappa shape index (κ2) is 2.97. The molecule has 0 saturated carbocycles. The van der Waals surface area contributed by atoms with Gasteiger partial charge in [-0.1, -0.05) is 11.5 Å². The van der Waals surface area contributed by atoms with Crippen LogP contribution in [0, 0.1) is 0 Å². The normalized spacial score (nSPS) is 16.3. The van der Waals surface area contributed by atoms with Crippen LogP contribution in [0.25, 0.3) is 0 Å². The number of hydrogen-bond acceptors (Lipinski definition) is 3. The zero-order valence-electron chi connectivity index (χ0n) is 6.37. The van der Waals surface area contributed by atoms with Gasteiger partial charge >= 0.3 is 0 Å². The predicted octanol–water partition coefficient (Wildman–Crippen LogP) is -0.292. The molecule has 0 spiro atoms. The lowest BCUT2D eigenvalue weighted by Crippen LogP contribution is -2.36. The van der Waals surface area contributed by atoms with Crippen molar-refractivity contribution in [3.8, 4) is 0 Å². The van der Waals surface area contributed by atoms with Crippen LogP contribution in [0.4, 0.5) is 0 Å². The third kappa shape index (κ3) is 1.83. The van der Waals surface area contributed by atoms with Gasteiger partial charge in [0.25, 0.3) is 0 Å². The molecule has 4 heteroatoms. The van der Waals surface area contributed by atoms with E-state index >= 15 is 0 Å². The van der Waals surface area contributed by atoms with E-state index < -0.39 is 5.54 Å². The largest absolute Gasteiger partial charge is 0.394 e. The minimum Gasteiger partial charge on any atom is -0.394 e. The Bertz CT molecular complexity index is 246. The first-order valence-electron chi connectivity index (χ1n) is 3.30. The standard InChI is InChI=1S/C7H10BNOS/c1-7(9,4-10)6-2-5(8)3-11-6/h2-3,10H,4,9H2,1H3. The molecule has 1 rings (SSSR count). The lowest BCUT2D eigenvalue weighted by atomic mass is 9.96. The molecular weight excluding hydrogens is 157 g/mol. The summed E-state index contributed by atoms with van der Waals surface area (Å²) in [5.41, 5.74) is 5.81. The van der Waals surface area contributed by atoms with Crippen molar-refractivity contribution >= 4 is 24.6 Å². The van der Waals surface area contributed by atoms with E-state index in [1.807, 2.05) is 5.38 Å². The lowest BCUT2D eigenvalue weighted by Gasteiger charge is -2.19. The summed E-state index contributed by atoms with van der Waals surface area (Å²) in [6.07, 6.45) is 0. The van der Waals surface area contributed by atoms with Gasteiger partial charge in [-0.25, -0.2) is 0 Å². The first kappa shape index (κ1) is 8.78. The van der Waals surface area contributed by atoms with Crippen molar-refractivity contribution in [2.24, 2.45) is 5.73 Å². The summed E-state index contributed by atoms with van der Waals surface area (Å²) in [6, 6.07) is 1.79. The molecule has 2 nitrogen and oxygen atoms in total. The Morgan fingerprint density at radius 3 is 2.82 bits per heavy atom. The smallest absolute Gasteiger partial charge is 0.114 e. The molecule has 1 aromatic rings. The minimum absolute atomic E-state index is 0.0625. The Morgan fingerprint density at radius 1 is 1.82 bits per heavy atom. The molecule has 1 atom stereocenters. The maximum absolute atomic E-state index is 8.90. The van der Waals surface area contributed by atoms with E-state index in [9.17, 15) is 0 Å². The van der Waals surface area contributed by atoms with E-state index in [2.05, 4.69) is 0 Å². The molecule has 3 N–H and O–H groups in total. The van der Waals surface area contributed by atoms with Gasteiger partial charge in [0.1, 0.15) is 7.85 Å². The van der Waals surface area contributed by atoms with E-state index in [1.54, 1.807) is 13.0 Å². The van der Waals surface area contributed by atoms with Crippen molar-refractivity contribution in [3.63, 3.8) is 0 Å². The summed E-state index contributed by atoms with van der Waals surface area (Å²) in [6.45, 7) is 1.71. The van der Waals surface area contributed by atoms with Crippen LogP contribution in [0.1, 0.15) is 11.8 Å². The van der Waals surface area contributed by atoms with E-state index in [0.29, 0.717) is 5.46 Å². The van der Waals surface area contributed by atoms with Gasteiger partial charge in [-0.2, -0.15) is 0 Å². The Kier molecular flexibility index (Phi) is 2.37. The maximum Gasteiger partial charge on any atom is 0.114 e. The predicted molar refractivity (Wildman–Crippen MR) is 48.3 cm³/mol. The van der Waals surface area contributed by atoms with Gasteiger partial charge in [-0.15, -0.1) is 11.3 Å². The van der Waals surface area contributed by atoms with Crippen molar-refractivity contribution in [2.45, 2.75) is 12.5 Å². The quantitative estimate of drug-likeness (QED) is 0.594. The van der Waals surface area contributed by atoms with Crippen molar-refractivity contribution in [2.75, 3.05) is 6.61 Å². The monoisotopic (exact) mass is 167 g/mol. The molecule has 0 amide bonds. The van der Waals surface area contributed by atoms with Gasteiger partial charge in [0.2, 0.25) is 0 Å². The molecule has 0 saturated heterocycles. The summed E-state index contributed by atoms with van der Waals surface area (Å²) in [5, 5.41) is 10.7. The number of rotatable bonds is 2.